The van der Waals surface area contributed by atoms with Crippen LogP contribution in [0.2, 0.25) is 0 Å². The second-order valence-electron chi connectivity index (χ2n) is 5.80. The molecule has 2 nitrogen and oxygen atoms in total. The maximum Gasteiger partial charge on any atom is 0.116 e. The molecule has 0 aliphatic carbocycles. The van der Waals surface area contributed by atoms with Crippen molar-refractivity contribution in [3.63, 3.8) is 0 Å². The molecule has 0 radical (unpaired) electrons. The number of rotatable bonds is 2. The van der Waals surface area contributed by atoms with E-state index in [1.807, 2.05) is 12.1 Å². The maximum absolute atomic E-state index is 10.3. The molecule has 0 bridgehead atoms. The third-order valence-corrected chi connectivity index (χ3v) is 4.52. The van der Waals surface area contributed by atoms with Crippen molar-refractivity contribution in [3.8, 4) is 0 Å². The van der Waals surface area contributed by atoms with Crippen molar-refractivity contribution in [2.45, 2.75) is 31.0 Å². The van der Waals surface area contributed by atoms with Gasteiger partial charge in [0.25, 0.3) is 0 Å². The van der Waals surface area contributed by atoms with Gasteiger partial charge in [0.15, 0.2) is 0 Å². The molecular formula is C18H22NO+. The van der Waals surface area contributed by atoms with Crippen molar-refractivity contribution in [2.24, 2.45) is 0 Å². The first-order valence-electron chi connectivity index (χ1n) is 7.37. The normalized spacial score (nSPS) is 30.1. The van der Waals surface area contributed by atoms with Crippen molar-refractivity contribution in [3.05, 3.63) is 71.8 Å². The molecule has 0 unspecified atom stereocenters. The fourth-order valence-corrected chi connectivity index (χ4v) is 3.42. The van der Waals surface area contributed by atoms with E-state index < -0.39 is 0 Å². The maximum atomic E-state index is 10.3. The summed E-state index contributed by atoms with van der Waals surface area (Å²) >= 11 is 0. The van der Waals surface area contributed by atoms with Crippen LogP contribution in [0.25, 0.3) is 0 Å². The van der Waals surface area contributed by atoms with Crippen LogP contribution in [0.3, 0.4) is 0 Å². The van der Waals surface area contributed by atoms with E-state index in [4.69, 9.17) is 0 Å². The number of likely N-dealkylation sites (tertiary alicyclic amines) is 1. The smallest absolute Gasteiger partial charge is 0.116 e. The van der Waals surface area contributed by atoms with Crippen LogP contribution in [0.15, 0.2) is 60.7 Å². The summed E-state index contributed by atoms with van der Waals surface area (Å²) in [5.41, 5.74) is 2.65. The third kappa shape index (κ3) is 2.62. The standard InChI is InChI=1S/C18H21NO/c1-19-17(14-8-4-2-5-9-14)12-16(20)13-18(19)15-10-6-3-7-11-15/h2-11,16-18,20H,12-13H2,1H3/p+1/t17-,18-/m0/s1. The van der Waals surface area contributed by atoms with Crippen LogP contribution in [-0.2, 0) is 0 Å². The Morgan fingerprint density at radius 2 is 1.20 bits per heavy atom. The Bertz CT molecular complexity index is 490. The zero-order chi connectivity index (χ0) is 13.9. The van der Waals surface area contributed by atoms with E-state index in [9.17, 15) is 5.11 Å². The Morgan fingerprint density at radius 1 is 0.800 bits per heavy atom. The van der Waals surface area contributed by atoms with Gasteiger partial charge in [-0.15, -0.1) is 0 Å². The molecule has 1 aliphatic heterocycles. The molecule has 2 heteroatoms. The third-order valence-electron chi connectivity index (χ3n) is 4.52. The summed E-state index contributed by atoms with van der Waals surface area (Å²) < 4.78 is 0. The van der Waals surface area contributed by atoms with Gasteiger partial charge in [0.1, 0.15) is 12.1 Å². The van der Waals surface area contributed by atoms with Gasteiger partial charge in [0.2, 0.25) is 0 Å². The molecule has 2 aromatic carbocycles. The summed E-state index contributed by atoms with van der Waals surface area (Å²) in [5, 5.41) is 10.3. The van der Waals surface area contributed by atoms with Gasteiger partial charge in [-0.2, -0.15) is 0 Å². The van der Waals surface area contributed by atoms with Crippen LogP contribution >= 0.6 is 0 Å². The van der Waals surface area contributed by atoms with Crippen molar-refractivity contribution >= 4 is 0 Å². The molecule has 1 fully saturated rings. The number of quaternary nitrogens is 1. The molecular weight excluding hydrogens is 246 g/mol. The minimum absolute atomic E-state index is 0.214. The van der Waals surface area contributed by atoms with E-state index in [-0.39, 0.29) is 6.10 Å². The molecule has 0 amide bonds. The minimum Gasteiger partial charge on any atom is -0.393 e. The largest absolute Gasteiger partial charge is 0.393 e. The first kappa shape index (κ1) is 13.3. The van der Waals surface area contributed by atoms with Crippen LogP contribution in [0.5, 0.6) is 0 Å². The Kier molecular flexibility index (Phi) is 3.86. The molecule has 3 rings (SSSR count). The van der Waals surface area contributed by atoms with Gasteiger partial charge in [-0.25, -0.2) is 0 Å². The molecule has 2 atom stereocenters. The average molecular weight is 268 g/mol. The second kappa shape index (κ2) is 5.78. The van der Waals surface area contributed by atoms with E-state index in [0.29, 0.717) is 12.1 Å². The van der Waals surface area contributed by atoms with Gasteiger partial charge in [-0.1, -0.05) is 60.7 Å². The Hall–Kier alpha value is -1.64. The first-order valence-corrected chi connectivity index (χ1v) is 7.37. The Morgan fingerprint density at radius 3 is 1.60 bits per heavy atom. The van der Waals surface area contributed by atoms with Crippen molar-refractivity contribution in [1.82, 2.24) is 0 Å². The van der Waals surface area contributed by atoms with Crippen LogP contribution in [0.4, 0.5) is 0 Å². The highest BCUT2D eigenvalue weighted by Crippen LogP contribution is 2.28. The number of piperidine rings is 1. The SMILES string of the molecule is C[NH+]1[C@H](c2ccccc2)CC(O)C[C@H]1c1ccccc1. The lowest BCUT2D eigenvalue weighted by Gasteiger charge is -2.39. The number of hydrogen-bond donors (Lipinski definition) is 2. The summed E-state index contributed by atoms with van der Waals surface area (Å²) in [6, 6.07) is 21.9. The zero-order valence-corrected chi connectivity index (χ0v) is 11.9. The lowest BCUT2D eigenvalue weighted by Crippen LogP contribution is -3.11. The second-order valence-corrected chi connectivity index (χ2v) is 5.80. The fraction of sp³-hybridized carbons (Fsp3) is 0.333. The number of benzene rings is 2. The number of aliphatic hydroxyl groups excluding tert-OH is 1. The molecule has 0 saturated carbocycles. The summed E-state index contributed by atoms with van der Waals surface area (Å²) in [4.78, 5) is 1.48. The van der Waals surface area contributed by atoms with Gasteiger partial charge >= 0.3 is 0 Å². The molecule has 1 saturated heterocycles. The van der Waals surface area contributed by atoms with Gasteiger partial charge in [-0.3, -0.25) is 0 Å². The molecule has 20 heavy (non-hydrogen) atoms. The van der Waals surface area contributed by atoms with E-state index in [1.54, 1.807) is 0 Å². The Balaban J connectivity index is 1.90. The fourth-order valence-electron chi connectivity index (χ4n) is 3.42. The monoisotopic (exact) mass is 268 g/mol. The van der Waals surface area contributed by atoms with Crippen molar-refractivity contribution in [2.75, 3.05) is 7.05 Å². The molecule has 104 valence electrons. The summed E-state index contributed by atoms with van der Waals surface area (Å²) in [6.07, 6.45) is 1.48. The van der Waals surface area contributed by atoms with Crippen molar-refractivity contribution < 1.29 is 10.0 Å². The highest BCUT2D eigenvalue weighted by atomic mass is 16.3. The van der Waals surface area contributed by atoms with E-state index in [1.165, 1.54) is 16.0 Å². The predicted molar refractivity (Wildman–Crippen MR) is 80.5 cm³/mol. The van der Waals surface area contributed by atoms with Crippen molar-refractivity contribution in [1.29, 1.82) is 0 Å². The number of hydrogen-bond acceptors (Lipinski definition) is 1. The predicted octanol–water partition coefficient (Wildman–Crippen LogP) is 2.14. The summed E-state index contributed by atoms with van der Waals surface area (Å²) in [7, 11) is 2.25. The number of nitrogens with one attached hydrogen (secondary N) is 1. The summed E-state index contributed by atoms with van der Waals surface area (Å²) in [5.74, 6) is 0. The van der Waals surface area contributed by atoms with Crippen LogP contribution in [0.1, 0.15) is 36.1 Å². The van der Waals surface area contributed by atoms with Gasteiger partial charge in [-0.05, 0) is 0 Å². The lowest BCUT2D eigenvalue weighted by atomic mass is 9.86. The average Bonchev–Trinajstić information content (AvgIpc) is 2.51. The van der Waals surface area contributed by atoms with Crippen LogP contribution < -0.4 is 4.90 Å². The van der Waals surface area contributed by atoms with Crippen LogP contribution in [-0.4, -0.2) is 18.3 Å². The Labute approximate surface area is 120 Å². The van der Waals surface area contributed by atoms with E-state index >= 15 is 0 Å². The number of aliphatic hydroxyl groups is 1. The quantitative estimate of drug-likeness (QED) is 0.857. The van der Waals surface area contributed by atoms with Gasteiger partial charge in [0.05, 0.1) is 13.2 Å². The molecule has 1 aliphatic rings. The minimum atomic E-state index is -0.214. The highest BCUT2D eigenvalue weighted by Gasteiger charge is 2.37. The summed E-state index contributed by atoms with van der Waals surface area (Å²) in [6.45, 7) is 0. The van der Waals surface area contributed by atoms with Crippen LogP contribution in [0, 0.1) is 0 Å². The molecule has 0 aromatic heterocycles. The topological polar surface area (TPSA) is 24.7 Å². The van der Waals surface area contributed by atoms with E-state index in [0.717, 1.165) is 12.8 Å². The molecule has 2 N–H and O–H groups in total. The van der Waals surface area contributed by atoms with E-state index in [2.05, 4.69) is 55.6 Å². The lowest BCUT2D eigenvalue weighted by molar-refractivity contribution is -0.950. The molecule has 2 aromatic rings. The van der Waals surface area contributed by atoms with Gasteiger partial charge in [0, 0.05) is 24.0 Å². The first-order chi connectivity index (χ1) is 9.75. The molecule has 0 spiro atoms. The molecule has 1 heterocycles. The highest BCUT2D eigenvalue weighted by molar-refractivity contribution is 5.20. The zero-order valence-electron chi connectivity index (χ0n) is 11.9. The van der Waals surface area contributed by atoms with Gasteiger partial charge < -0.3 is 10.0 Å².